The number of hydrogen-bond donors (Lipinski definition) is 3. The highest BCUT2D eigenvalue weighted by Crippen LogP contribution is 2.33. The number of oxazole rings is 1. The molecule has 6 nitrogen and oxygen atoms in total. The molecule has 3 rings (SSSR count). The van der Waals surface area contributed by atoms with Gasteiger partial charge in [-0.1, -0.05) is 13.0 Å². The molecular weight excluding hydrogens is 338 g/mol. The van der Waals surface area contributed by atoms with Gasteiger partial charge < -0.3 is 20.2 Å². The summed E-state index contributed by atoms with van der Waals surface area (Å²) in [6, 6.07) is 10.6. The van der Waals surface area contributed by atoms with Gasteiger partial charge in [-0.05, 0) is 54.5 Å². The summed E-state index contributed by atoms with van der Waals surface area (Å²) in [5.41, 5.74) is 3.58. The van der Waals surface area contributed by atoms with Gasteiger partial charge in [-0.3, -0.25) is 4.79 Å². The molecule has 0 atom stereocenters. The van der Waals surface area contributed by atoms with Crippen LogP contribution in [0.2, 0.25) is 0 Å². The smallest absolute Gasteiger partial charge is 0.231 e. The first kappa shape index (κ1) is 16.9. The summed E-state index contributed by atoms with van der Waals surface area (Å²) >= 11 is 5.04. The second-order valence-electron chi connectivity index (χ2n) is 5.54. The second-order valence-corrected chi connectivity index (χ2v) is 5.95. The van der Waals surface area contributed by atoms with Crippen molar-refractivity contribution in [2.75, 3.05) is 5.32 Å². The molecule has 1 amide bonds. The molecule has 25 heavy (non-hydrogen) atoms. The van der Waals surface area contributed by atoms with Crippen LogP contribution in [0.3, 0.4) is 0 Å². The normalized spacial score (nSPS) is 10.6. The van der Waals surface area contributed by atoms with Crippen molar-refractivity contribution in [3.8, 4) is 17.2 Å². The van der Waals surface area contributed by atoms with Crippen LogP contribution in [0.15, 0.2) is 40.8 Å². The molecule has 7 heteroatoms. The highest BCUT2D eigenvalue weighted by atomic mass is 32.1. The Bertz CT molecular complexity index is 965. The van der Waals surface area contributed by atoms with Crippen molar-refractivity contribution >= 4 is 40.0 Å². The Kier molecular flexibility index (Phi) is 4.67. The van der Waals surface area contributed by atoms with E-state index in [4.69, 9.17) is 16.6 Å². The average Bonchev–Trinajstić information content (AvgIpc) is 2.98. The standard InChI is InChI=1S/C18H17N3O3S/c1-3-11-4-7-16-14(8-11)21-17(24-16)13-9-12(5-6-15(13)23)20-18(25)19-10(2)22/h4-9,23H,3H2,1-2H3,(H2,19,20,22,25). The van der Waals surface area contributed by atoms with Crippen molar-refractivity contribution in [3.63, 3.8) is 0 Å². The Hall–Kier alpha value is -2.93. The van der Waals surface area contributed by atoms with E-state index in [0.717, 1.165) is 17.5 Å². The van der Waals surface area contributed by atoms with E-state index in [1.54, 1.807) is 12.1 Å². The van der Waals surface area contributed by atoms with E-state index in [0.29, 0.717) is 22.7 Å². The van der Waals surface area contributed by atoms with Crippen LogP contribution in [0, 0.1) is 0 Å². The summed E-state index contributed by atoms with van der Waals surface area (Å²) < 4.78 is 5.76. The summed E-state index contributed by atoms with van der Waals surface area (Å²) in [4.78, 5) is 15.5. The van der Waals surface area contributed by atoms with Crippen LogP contribution in [0.25, 0.3) is 22.6 Å². The fraction of sp³-hybridized carbons (Fsp3) is 0.167. The van der Waals surface area contributed by atoms with E-state index in [2.05, 4.69) is 22.5 Å². The maximum absolute atomic E-state index is 11.0. The molecule has 128 valence electrons. The zero-order valence-corrected chi connectivity index (χ0v) is 14.6. The van der Waals surface area contributed by atoms with Gasteiger partial charge >= 0.3 is 0 Å². The molecule has 3 aromatic rings. The third-order valence-electron chi connectivity index (χ3n) is 3.63. The highest BCUT2D eigenvalue weighted by Gasteiger charge is 2.14. The molecule has 0 unspecified atom stereocenters. The number of carbonyl (C=O) groups is 1. The summed E-state index contributed by atoms with van der Waals surface area (Å²) in [5, 5.41) is 15.7. The number of amides is 1. The molecule has 2 aromatic carbocycles. The van der Waals surface area contributed by atoms with Crippen LogP contribution in [-0.4, -0.2) is 21.1 Å². The fourth-order valence-corrected chi connectivity index (χ4v) is 2.68. The third-order valence-corrected chi connectivity index (χ3v) is 3.84. The number of carbonyl (C=O) groups excluding carboxylic acids is 1. The quantitative estimate of drug-likeness (QED) is 0.491. The molecule has 0 aliphatic rings. The summed E-state index contributed by atoms with van der Waals surface area (Å²) in [5.74, 6) is 0.0929. The maximum atomic E-state index is 11.0. The molecule has 0 saturated carbocycles. The number of hydrogen-bond acceptors (Lipinski definition) is 5. The zero-order chi connectivity index (χ0) is 18.0. The van der Waals surface area contributed by atoms with Gasteiger partial charge in [0.2, 0.25) is 11.8 Å². The Morgan fingerprint density at radius 2 is 2.08 bits per heavy atom. The topological polar surface area (TPSA) is 87.4 Å². The lowest BCUT2D eigenvalue weighted by atomic mass is 10.1. The number of fused-ring (bicyclic) bond motifs is 1. The molecule has 0 radical (unpaired) electrons. The van der Waals surface area contributed by atoms with Crippen LogP contribution in [0.5, 0.6) is 5.75 Å². The number of aromatic hydroxyl groups is 1. The van der Waals surface area contributed by atoms with Gasteiger partial charge in [0.15, 0.2) is 10.7 Å². The SMILES string of the molecule is CCc1ccc2oc(-c3cc(NC(=S)NC(C)=O)ccc3O)nc2c1. The number of nitrogens with zero attached hydrogens (tertiary/aromatic N) is 1. The third kappa shape index (κ3) is 3.77. The lowest BCUT2D eigenvalue weighted by Crippen LogP contribution is -2.32. The van der Waals surface area contributed by atoms with Crippen molar-refractivity contribution in [2.24, 2.45) is 0 Å². The van der Waals surface area contributed by atoms with E-state index in [9.17, 15) is 9.90 Å². The molecule has 0 aliphatic heterocycles. The van der Waals surface area contributed by atoms with Crippen LogP contribution >= 0.6 is 12.2 Å². The van der Waals surface area contributed by atoms with E-state index >= 15 is 0 Å². The van der Waals surface area contributed by atoms with Crippen LogP contribution in [-0.2, 0) is 11.2 Å². The predicted octanol–water partition coefficient (Wildman–Crippen LogP) is 3.60. The molecule has 0 spiro atoms. The van der Waals surface area contributed by atoms with Crippen molar-refractivity contribution in [1.29, 1.82) is 0 Å². The van der Waals surface area contributed by atoms with Crippen molar-refractivity contribution in [3.05, 3.63) is 42.0 Å². The van der Waals surface area contributed by atoms with Crippen molar-refractivity contribution < 1.29 is 14.3 Å². The second kappa shape index (κ2) is 6.90. The number of phenols is 1. The minimum Gasteiger partial charge on any atom is -0.507 e. The van der Waals surface area contributed by atoms with Crippen LogP contribution < -0.4 is 10.6 Å². The minimum absolute atomic E-state index is 0.0401. The van der Waals surface area contributed by atoms with E-state index in [1.807, 2.05) is 18.2 Å². The summed E-state index contributed by atoms with van der Waals surface area (Å²) in [7, 11) is 0. The Balaban J connectivity index is 1.95. The Labute approximate surface area is 149 Å². The number of rotatable bonds is 3. The lowest BCUT2D eigenvalue weighted by Gasteiger charge is -2.09. The van der Waals surface area contributed by atoms with E-state index in [1.165, 1.54) is 13.0 Å². The summed E-state index contributed by atoms with van der Waals surface area (Å²) in [6.45, 7) is 3.44. The van der Waals surface area contributed by atoms with Gasteiger partial charge in [-0.15, -0.1) is 0 Å². The maximum Gasteiger partial charge on any atom is 0.231 e. The fourth-order valence-electron chi connectivity index (χ4n) is 2.42. The zero-order valence-electron chi connectivity index (χ0n) is 13.8. The molecular formula is C18H17N3O3S. The Morgan fingerprint density at radius 1 is 1.28 bits per heavy atom. The molecule has 1 heterocycles. The number of phenolic OH excluding ortho intramolecular Hbond substituents is 1. The number of thiocarbonyl (C=S) groups is 1. The molecule has 0 aliphatic carbocycles. The van der Waals surface area contributed by atoms with Crippen LogP contribution in [0.4, 0.5) is 5.69 Å². The number of benzene rings is 2. The average molecular weight is 355 g/mol. The van der Waals surface area contributed by atoms with Crippen LogP contribution in [0.1, 0.15) is 19.4 Å². The largest absolute Gasteiger partial charge is 0.507 e. The first-order valence-corrected chi connectivity index (χ1v) is 8.18. The lowest BCUT2D eigenvalue weighted by molar-refractivity contribution is -0.117. The molecule has 0 saturated heterocycles. The minimum atomic E-state index is -0.262. The summed E-state index contributed by atoms with van der Waals surface area (Å²) in [6.07, 6.45) is 0.906. The van der Waals surface area contributed by atoms with Gasteiger partial charge in [0.05, 0.1) is 5.56 Å². The molecule has 0 bridgehead atoms. The number of aryl methyl sites for hydroxylation is 1. The van der Waals surface area contributed by atoms with Crippen molar-refractivity contribution in [1.82, 2.24) is 10.3 Å². The molecule has 1 aromatic heterocycles. The van der Waals surface area contributed by atoms with E-state index in [-0.39, 0.29) is 16.8 Å². The first-order chi connectivity index (χ1) is 12.0. The van der Waals surface area contributed by atoms with Gasteiger partial charge in [-0.2, -0.15) is 0 Å². The monoisotopic (exact) mass is 355 g/mol. The van der Waals surface area contributed by atoms with E-state index < -0.39 is 0 Å². The van der Waals surface area contributed by atoms with Crippen molar-refractivity contribution in [2.45, 2.75) is 20.3 Å². The Morgan fingerprint density at radius 3 is 2.80 bits per heavy atom. The first-order valence-electron chi connectivity index (χ1n) is 7.77. The van der Waals surface area contributed by atoms with Gasteiger partial charge in [0.1, 0.15) is 11.3 Å². The van der Waals surface area contributed by atoms with Gasteiger partial charge in [-0.25, -0.2) is 4.98 Å². The molecule has 3 N–H and O–H groups in total. The number of nitrogens with one attached hydrogen (secondary N) is 2. The van der Waals surface area contributed by atoms with Gasteiger partial charge in [0, 0.05) is 12.6 Å². The number of anilines is 1. The number of aromatic nitrogens is 1. The molecule has 0 fully saturated rings. The van der Waals surface area contributed by atoms with Gasteiger partial charge in [0.25, 0.3) is 0 Å². The highest BCUT2D eigenvalue weighted by molar-refractivity contribution is 7.80. The predicted molar refractivity (Wildman–Crippen MR) is 101 cm³/mol.